The molecule has 2 aromatic rings. The number of nitrogens with zero attached hydrogens (tertiary/aromatic N) is 5. The summed E-state index contributed by atoms with van der Waals surface area (Å²) in [5.74, 6) is -0.421. The molecule has 0 aliphatic heterocycles. The van der Waals surface area contributed by atoms with Gasteiger partial charge in [0, 0.05) is 14.1 Å². The molecule has 0 atom stereocenters. The number of fused-ring (bicyclic) bond motifs is 1. The molecule has 0 spiro atoms. The topological polar surface area (TPSA) is 105 Å². The van der Waals surface area contributed by atoms with Gasteiger partial charge >= 0.3 is 11.6 Å². The van der Waals surface area contributed by atoms with Crippen LogP contribution >= 0.6 is 0 Å². The van der Waals surface area contributed by atoms with Crippen molar-refractivity contribution in [2.24, 2.45) is 14.1 Å². The first-order valence-electron chi connectivity index (χ1n) is 5.70. The zero-order chi connectivity index (χ0) is 14.3. The molecule has 2 aromatic heterocycles. The standard InChI is InChI=1S/C10H13N5O4/c1-4-5-14-6-7(11-9(14)15(18)19)12(2)10(17)13(3)8(6)16/h4-5H2,1-3H3. The van der Waals surface area contributed by atoms with E-state index in [4.69, 9.17) is 0 Å². The maximum atomic E-state index is 12.1. The molecule has 0 aliphatic carbocycles. The predicted octanol–water partition coefficient (Wildman–Crippen LogP) is -0.248. The molecule has 9 nitrogen and oxygen atoms in total. The van der Waals surface area contributed by atoms with Crippen LogP contribution in [0, 0.1) is 10.1 Å². The van der Waals surface area contributed by atoms with Crippen molar-refractivity contribution in [1.82, 2.24) is 18.7 Å². The lowest BCUT2D eigenvalue weighted by molar-refractivity contribution is -0.396. The third-order valence-corrected chi connectivity index (χ3v) is 2.94. The average Bonchev–Trinajstić information content (AvgIpc) is 2.74. The zero-order valence-corrected chi connectivity index (χ0v) is 10.8. The van der Waals surface area contributed by atoms with E-state index in [-0.39, 0.29) is 11.2 Å². The van der Waals surface area contributed by atoms with Crippen molar-refractivity contribution in [3.63, 3.8) is 0 Å². The lowest BCUT2D eigenvalue weighted by Gasteiger charge is -2.02. The zero-order valence-electron chi connectivity index (χ0n) is 10.8. The lowest BCUT2D eigenvalue weighted by atomic mass is 10.4. The molecule has 0 aromatic carbocycles. The van der Waals surface area contributed by atoms with Crippen molar-refractivity contribution in [1.29, 1.82) is 0 Å². The van der Waals surface area contributed by atoms with Gasteiger partial charge in [-0.1, -0.05) is 6.92 Å². The second-order valence-corrected chi connectivity index (χ2v) is 4.20. The molecular weight excluding hydrogens is 254 g/mol. The molecule has 0 saturated heterocycles. The third kappa shape index (κ3) is 1.74. The summed E-state index contributed by atoms with van der Waals surface area (Å²) in [4.78, 5) is 38.0. The Morgan fingerprint density at radius 1 is 1.26 bits per heavy atom. The smallest absolute Gasteiger partial charge is 0.390 e. The Bertz CT molecular complexity index is 782. The first-order chi connectivity index (χ1) is 8.90. The van der Waals surface area contributed by atoms with Gasteiger partial charge in [0.25, 0.3) is 11.2 Å². The van der Waals surface area contributed by atoms with Gasteiger partial charge < -0.3 is 10.1 Å². The van der Waals surface area contributed by atoms with E-state index in [0.717, 1.165) is 9.13 Å². The van der Waals surface area contributed by atoms with Crippen LogP contribution in [-0.2, 0) is 20.6 Å². The molecule has 0 saturated carbocycles. The van der Waals surface area contributed by atoms with E-state index >= 15 is 0 Å². The van der Waals surface area contributed by atoms with Gasteiger partial charge in [0.05, 0.1) is 6.54 Å². The van der Waals surface area contributed by atoms with Crippen LogP contribution in [0.25, 0.3) is 11.2 Å². The Morgan fingerprint density at radius 2 is 1.89 bits per heavy atom. The molecular formula is C10H13N5O4. The Balaban J connectivity index is 3.05. The van der Waals surface area contributed by atoms with Crippen LogP contribution in [0.3, 0.4) is 0 Å². The summed E-state index contributed by atoms with van der Waals surface area (Å²) in [7, 11) is 2.76. The molecule has 0 bridgehead atoms. The first kappa shape index (κ1) is 13.0. The van der Waals surface area contributed by atoms with E-state index in [2.05, 4.69) is 4.98 Å². The number of hydrogen-bond acceptors (Lipinski definition) is 5. The minimum atomic E-state index is -0.653. The number of imidazole rings is 1. The quantitative estimate of drug-likeness (QED) is 0.563. The van der Waals surface area contributed by atoms with Crippen LogP contribution in [0.5, 0.6) is 0 Å². The number of rotatable bonds is 3. The highest BCUT2D eigenvalue weighted by atomic mass is 16.6. The summed E-state index contributed by atoms with van der Waals surface area (Å²) >= 11 is 0. The van der Waals surface area contributed by atoms with Gasteiger partial charge in [0.2, 0.25) is 5.52 Å². The summed E-state index contributed by atoms with van der Waals surface area (Å²) in [6.45, 7) is 2.13. The highest BCUT2D eigenvalue weighted by molar-refractivity contribution is 5.72. The Hall–Kier alpha value is -2.45. The molecule has 19 heavy (non-hydrogen) atoms. The maximum absolute atomic E-state index is 12.1. The third-order valence-electron chi connectivity index (χ3n) is 2.94. The second-order valence-electron chi connectivity index (χ2n) is 4.20. The van der Waals surface area contributed by atoms with E-state index in [9.17, 15) is 19.7 Å². The van der Waals surface area contributed by atoms with Gasteiger partial charge in [-0.25, -0.2) is 9.36 Å². The second kappa shape index (κ2) is 4.34. The van der Waals surface area contributed by atoms with E-state index in [0.29, 0.717) is 13.0 Å². The van der Waals surface area contributed by atoms with Gasteiger partial charge in [0.1, 0.15) is 0 Å². The average molecular weight is 267 g/mol. The van der Waals surface area contributed by atoms with Gasteiger partial charge in [0.15, 0.2) is 0 Å². The summed E-state index contributed by atoms with van der Waals surface area (Å²) in [5, 5.41) is 11.0. The molecule has 2 rings (SSSR count). The van der Waals surface area contributed by atoms with Gasteiger partial charge in [-0.2, -0.15) is 0 Å². The predicted molar refractivity (Wildman–Crippen MR) is 67.2 cm³/mol. The fraction of sp³-hybridized carbons (Fsp3) is 0.500. The largest absolute Gasteiger partial charge is 0.437 e. The van der Waals surface area contributed by atoms with Gasteiger partial charge in [-0.05, 0) is 16.3 Å². The van der Waals surface area contributed by atoms with E-state index < -0.39 is 22.1 Å². The maximum Gasteiger partial charge on any atom is 0.437 e. The summed E-state index contributed by atoms with van der Waals surface area (Å²) in [5.41, 5.74) is -1.02. The van der Waals surface area contributed by atoms with Crippen LogP contribution in [0.15, 0.2) is 9.59 Å². The molecule has 0 radical (unpaired) electrons. The molecule has 0 amide bonds. The highest BCUT2D eigenvalue weighted by Crippen LogP contribution is 2.17. The summed E-state index contributed by atoms with van der Waals surface area (Å²) in [6, 6.07) is 0. The molecule has 9 heteroatoms. The molecule has 0 aliphatic rings. The van der Waals surface area contributed by atoms with Crippen molar-refractivity contribution in [3.8, 4) is 0 Å². The van der Waals surface area contributed by atoms with Gasteiger partial charge in [-0.3, -0.25) is 13.9 Å². The van der Waals surface area contributed by atoms with E-state index in [1.807, 2.05) is 6.92 Å². The number of aryl methyl sites for hydroxylation is 2. The Kier molecular flexibility index (Phi) is 2.97. The van der Waals surface area contributed by atoms with Crippen molar-refractivity contribution < 1.29 is 4.92 Å². The van der Waals surface area contributed by atoms with Crippen LogP contribution < -0.4 is 11.2 Å². The summed E-state index contributed by atoms with van der Waals surface area (Å²) in [6.07, 6.45) is 0.609. The minimum Gasteiger partial charge on any atom is -0.390 e. The van der Waals surface area contributed by atoms with Gasteiger partial charge in [-0.15, -0.1) is 0 Å². The molecule has 0 unspecified atom stereocenters. The van der Waals surface area contributed by atoms with Crippen LogP contribution in [0.1, 0.15) is 13.3 Å². The monoisotopic (exact) mass is 267 g/mol. The van der Waals surface area contributed by atoms with Crippen molar-refractivity contribution >= 4 is 17.1 Å². The number of aromatic nitrogens is 4. The Labute approximate surface area is 106 Å². The Morgan fingerprint density at radius 3 is 2.42 bits per heavy atom. The van der Waals surface area contributed by atoms with E-state index in [1.165, 1.54) is 18.7 Å². The fourth-order valence-electron chi connectivity index (χ4n) is 2.01. The van der Waals surface area contributed by atoms with E-state index in [1.54, 1.807) is 0 Å². The molecule has 0 fully saturated rings. The summed E-state index contributed by atoms with van der Waals surface area (Å²) < 4.78 is 3.30. The molecule has 102 valence electrons. The van der Waals surface area contributed by atoms with Crippen molar-refractivity contribution in [3.05, 3.63) is 31.0 Å². The number of nitro groups is 1. The lowest BCUT2D eigenvalue weighted by Crippen LogP contribution is -2.37. The van der Waals surface area contributed by atoms with Crippen molar-refractivity contribution in [2.45, 2.75) is 19.9 Å². The van der Waals surface area contributed by atoms with Crippen molar-refractivity contribution in [2.75, 3.05) is 0 Å². The first-order valence-corrected chi connectivity index (χ1v) is 5.70. The molecule has 0 N–H and O–H groups in total. The number of hydrogen-bond donors (Lipinski definition) is 0. The van der Waals surface area contributed by atoms with Crippen LogP contribution in [0.4, 0.5) is 5.95 Å². The molecule has 2 heterocycles. The normalized spacial score (nSPS) is 11.1. The highest BCUT2D eigenvalue weighted by Gasteiger charge is 2.27. The van der Waals surface area contributed by atoms with Crippen LogP contribution in [0.2, 0.25) is 0 Å². The fourth-order valence-corrected chi connectivity index (χ4v) is 2.01. The SMILES string of the molecule is CCCn1c([N+](=O)[O-])nc2c1c(=O)n(C)c(=O)n2C. The van der Waals surface area contributed by atoms with Crippen LogP contribution in [-0.4, -0.2) is 23.6 Å². The minimum absolute atomic E-state index is 0.0354.